The first-order chi connectivity index (χ1) is 9.22. The van der Waals surface area contributed by atoms with Crippen LogP contribution in [0.4, 0.5) is 0 Å². The highest BCUT2D eigenvalue weighted by molar-refractivity contribution is 9.10. The molecule has 0 atom stereocenters. The second-order valence-corrected chi connectivity index (χ2v) is 5.24. The molecule has 0 saturated heterocycles. The highest BCUT2D eigenvalue weighted by Crippen LogP contribution is 2.20. The standard InChI is InChI=1S/C14H19BrN4/c1-3-19-13(14(15)11(2)18-19)10-17-8-6-12-5-4-7-16-9-12/h4-5,7,9,17H,3,6,8,10H2,1-2H3. The van der Waals surface area contributed by atoms with Gasteiger partial charge < -0.3 is 5.32 Å². The summed E-state index contributed by atoms with van der Waals surface area (Å²) in [5, 5.41) is 7.95. The van der Waals surface area contributed by atoms with E-state index in [0.717, 1.165) is 36.2 Å². The monoisotopic (exact) mass is 322 g/mol. The molecule has 2 rings (SSSR count). The highest BCUT2D eigenvalue weighted by Gasteiger charge is 2.10. The molecule has 102 valence electrons. The van der Waals surface area contributed by atoms with Crippen molar-refractivity contribution in [3.05, 3.63) is 46.0 Å². The SMILES string of the molecule is CCn1nc(C)c(Br)c1CNCCc1cccnc1. The van der Waals surface area contributed by atoms with Crippen molar-refractivity contribution >= 4 is 15.9 Å². The lowest BCUT2D eigenvalue weighted by molar-refractivity contribution is 0.578. The average Bonchev–Trinajstić information content (AvgIpc) is 2.72. The third-order valence-corrected chi connectivity index (χ3v) is 4.09. The van der Waals surface area contributed by atoms with Crippen LogP contribution in [-0.4, -0.2) is 21.3 Å². The van der Waals surface area contributed by atoms with Gasteiger partial charge in [0.2, 0.25) is 0 Å². The van der Waals surface area contributed by atoms with Crippen LogP contribution >= 0.6 is 15.9 Å². The summed E-state index contributed by atoms with van der Waals surface area (Å²) >= 11 is 3.61. The van der Waals surface area contributed by atoms with E-state index in [4.69, 9.17) is 0 Å². The smallest absolute Gasteiger partial charge is 0.0739 e. The van der Waals surface area contributed by atoms with Crippen LogP contribution in [0.15, 0.2) is 29.0 Å². The Kier molecular flexibility index (Phi) is 5.10. The van der Waals surface area contributed by atoms with Crippen LogP contribution in [0.2, 0.25) is 0 Å². The molecule has 0 aromatic carbocycles. The number of hydrogen-bond acceptors (Lipinski definition) is 3. The summed E-state index contributed by atoms with van der Waals surface area (Å²) < 4.78 is 3.15. The number of nitrogens with zero attached hydrogens (tertiary/aromatic N) is 3. The number of pyridine rings is 1. The van der Waals surface area contributed by atoms with Gasteiger partial charge in [0.1, 0.15) is 0 Å². The summed E-state index contributed by atoms with van der Waals surface area (Å²) in [4.78, 5) is 4.12. The summed E-state index contributed by atoms with van der Waals surface area (Å²) in [5.74, 6) is 0. The van der Waals surface area contributed by atoms with Gasteiger partial charge in [-0.2, -0.15) is 5.10 Å². The van der Waals surface area contributed by atoms with E-state index in [1.165, 1.54) is 11.3 Å². The van der Waals surface area contributed by atoms with Crippen LogP contribution in [0.5, 0.6) is 0 Å². The van der Waals surface area contributed by atoms with E-state index in [1.54, 1.807) is 6.20 Å². The molecule has 2 aromatic heterocycles. The van der Waals surface area contributed by atoms with E-state index in [-0.39, 0.29) is 0 Å². The Balaban J connectivity index is 1.86. The van der Waals surface area contributed by atoms with E-state index in [1.807, 2.05) is 23.9 Å². The first kappa shape index (κ1) is 14.2. The Hall–Kier alpha value is -1.20. The largest absolute Gasteiger partial charge is 0.311 e. The zero-order valence-electron chi connectivity index (χ0n) is 11.4. The fourth-order valence-electron chi connectivity index (χ4n) is 2.02. The van der Waals surface area contributed by atoms with E-state index in [9.17, 15) is 0 Å². The Morgan fingerprint density at radius 3 is 2.95 bits per heavy atom. The first-order valence-corrected chi connectivity index (χ1v) is 7.33. The van der Waals surface area contributed by atoms with Crippen molar-refractivity contribution in [2.75, 3.05) is 6.54 Å². The number of rotatable bonds is 6. The van der Waals surface area contributed by atoms with Crippen LogP contribution in [0.1, 0.15) is 23.9 Å². The lowest BCUT2D eigenvalue weighted by Crippen LogP contribution is -2.19. The summed E-state index contributed by atoms with van der Waals surface area (Å²) in [5.41, 5.74) is 3.52. The molecule has 0 unspecified atom stereocenters. The van der Waals surface area contributed by atoms with Crippen molar-refractivity contribution in [3.63, 3.8) is 0 Å². The molecule has 5 heteroatoms. The molecule has 0 aliphatic heterocycles. The molecule has 1 N–H and O–H groups in total. The molecule has 0 bridgehead atoms. The Morgan fingerprint density at radius 1 is 1.42 bits per heavy atom. The predicted molar refractivity (Wildman–Crippen MR) is 80.0 cm³/mol. The van der Waals surface area contributed by atoms with Gasteiger partial charge in [-0.25, -0.2) is 0 Å². The molecule has 0 spiro atoms. The van der Waals surface area contributed by atoms with Gasteiger partial charge >= 0.3 is 0 Å². The minimum absolute atomic E-state index is 0.829. The number of nitrogens with one attached hydrogen (secondary N) is 1. The van der Waals surface area contributed by atoms with Gasteiger partial charge in [-0.3, -0.25) is 9.67 Å². The third kappa shape index (κ3) is 3.64. The Morgan fingerprint density at radius 2 is 2.26 bits per heavy atom. The van der Waals surface area contributed by atoms with Crippen molar-refractivity contribution in [3.8, 4) is 0 Å². The van der Waals surface area contributed by atoms with Gasteiger partial charge in [-0.1, -0.05) is 6.07 Å². The van der Waals surface area contributed by atoms with E-state index < -0.39 is 0 Å². The lowest BCUT2D eigenvalue weighted by Gasteiger charge is -2.07. The fraction of sp³-hybridized carbons (Fsp3) is 0.429. The number of aryl methyl sites for hydroxylation is 2. The van der Waals surface area contributed by atoms with Gasteiger partial charge in [0.05, 0.1) is 15.9 Å². The number of halogens is 1. The van der Waals surface area contributed by atoms with E-state index >= 15 is 0 Å². The molecular formula is C14H19BrN4. The second-order valence-electron chi connectivity index (χ2n) is 4.45. The Labute approximate surface area is 122 Å². The average molecular weight is 323 g/mol. The van der Waals surface area contributed by atoms with Crippen molar-refractivity contribution in [1.29, 1.82) is 0 Å². The van der Waals surface area contributed by atoms with Crippen LogP contribution in [0.25, 0.3) is 0 Å². The topological polar surface area (TPSA) is 42.7 Å². The molecule has 0 radical (unpaired) electrons. The normalized spacial score (nSPS) is 10.9. The van der Waals surface area contributed by atoms with E-state index in [2.05, 4.69) is 44.3 Å². The molecule has 2 heterocycles. The maximum atomic E-state index is 4.49. The zero-order valence-corrected chi connectivity index (χ0v) is 12.9. The lowest BCUT2D eigenvalue weighted by atomic mass is 10.2. The van der Waals surface area contributed by atoms with Crippen molar-refractivity contribution in [1.82, 2.24) is 20.1 Å². The molecule has 0 aliphatic rings. The van der Waals surface area contributed by atoms with Crippen LogP contribution in [0.3, 0.4) is 0 Å². The quantitative estimate of drug-likeness (QED) is 0.831. The maximum absolute atomic E-state index is 4.49. The molecule has 2 aromatic rings. The molecule has 0 amide bonds. The van der Waals surface area contributed by atoms with Crippen LogP contribution in [0, 0.1) is 6.92 Å². The molecule has 0 saturated carbocycles. The number of aromatic nitrogens is 3. The minimum atomic E-state index is 0.829. The van der Waals surface area contributed by atoms with Crippen LogP contribution in [-0.2, 0) is 19.5 Å². The highest BCUT2D eigenvalue weighted by atomic mass is 79.9. The van der Waals surface area contributed by atoms with Gasteiger partial charge in [0.15, 0.2) is 0 Å². The summed E-state index contributed by atoms with van der Waals surface area (Å²) in [6.45, 7) is 6.79. The Bertz CT molecular complexity index is 522. The first-order valence-electron chi connectivity index (χ1n) is 6.53. The van der Waals surface area contributed by atoms with Crippen LogP contribution < -0.4 is 5.32 Å². The van der Waals surface area contributed by atoms with Crippen molar-refractivity contribution < 1.29 is 0 Å². The summed E-state index contributed by atoms with van der Waals surface area (Å²) in [6, 6.07) is 4.08. The van der Waals surface area contributed by atoms with Crippen molar-refractivity contribution in [2.45, 2.75) is 33.4 Å². The maximum Gasteiger partial charge on any atom is 0.0739 e. The van der Waals surface area contributed by atoms with Gasteiger partial charge in [-0.05, 0) is 54.4 Å². The predicted octanol–water partition coefficient (Wildman–Crippen LogP) is 2.70. The van der Waals surface area contributed by atoms with Crippen molar-refractivity contribution in [2.24, 2.45) is 0 Å². The molecule has 0 fully saturated rings. The molecular weight excluding hydrogens is 304 g/mol. The zero-order chi connectivity index (χ0) is 13.7. The fourth-order valence-corrected chi connectivity index (χ4v) is 2.45. The van der Waals surface area contributed by atoms with Gasteiger partial charge in [0, 0.05) is 25.5 Å². The molecule has 4 nitrogen and oxygen atoms in total. The van der Waals surface area contributed by atoms with Gasteiger partial charge in [-0.15, -0.1) is 0 Å². The summed E-state index contributed by atoms with van der Waals surface area (Å²) in [6.07, 6.45) is 4.71. The number of hydrogen-bond donors (Lipinski definition) is 1. The summed E-state index contributed by atoms with van der Waals surface area (Å²) in [7, 11) is 0. The second kappa shape index (κ2) is 6.82. The minimum Gasteiger partial charge on any atom is -0.311 e. The molecule has 0 aliphatic carbocycles. The van der Waals surface area contributed by atoms with Gasteiger partial charge in [0.25, 0.3) is 0 Å². The molecule has 19 heavy (non-hydrogen) atoms. The third-order valence-electron chi connectivity index (χ3n) is 3.06. The van der Waals surface area contributed by atoms with E-state index in [0.29, 0.717) is 0 Å².